The summed E-state index contributed by atoms with van der Waals surface area (Å²) >= 11 is 0. The highest BCUT2D eigenvalue weighted by Crippen LogP contribution is 2.35. The van der Waals surface area contributed by atoms with Gasteiger partial charge in [-0.3, -0.25) is 4.79 Å². The van der Waals surface area contributed by atoms with Crippen LogP contribution >= 0.6 is 0 Å². The van der Waals surface area contributed by atoms with E-state index < -0.39 is 0 Å². The maximum Gasteiger partial charge on any atom is 0.229 e. The van der Waals surface area contributed by atoms with Gasteiger partial charge in [0, 0.05) is 6.04 Å². The molecule has 1 saturated carbocycles. The third kappa shape index (κ3) is 1.98. The highest BCUT2D eigenvalue weighted by molar-refractivity contribution is 5.98. The fourth-order valence-corrected chi connectivity index (χ4v) is 3.17. The van der Waals surface area contributed by atoms with Gasteiger partial charge in [-0.15, -0.1) is 0 Å². The number of amides is 1. The number of fused-ring (bicyclic) bond motifs is 2. The van der Waals surface area contributed by atoms with Crippen LogP contribution in [0.4, 0.5) is 11.4 Å². The molecule has 1 amide bonds. The molecule has 1 heterocycles. The lowest BCUT2D eigenvalue weighted by Gasteiger charge is -2.23. The lowest BCUT2D eigenvalue weighted by Crippen LogP contribution is -2.34. The molecule has 1 aromatic rings. The molecule has 3 heteroatoms. The maximum absolute atomic E-state index is 12.3. The molecular formula is C15H20N2O. The van der Waals surface area contributed by atoms with E-state index in [9.17, 15) is 4.79 Å². The topological polar surface area (TPSA) is 41.1 Å². The molecule has 1 aromatic carbocycles. The number of aryl methyl sites for hydroxylation is 1. The molecule has 96 valence electrons. The number of rotatable bonds is 0. The number of hydrogen-bond acceptors (Lipinski definition) is 2. The molecule has 2 aliphatic rings. The van der Waals surface area contributed by atoms with E-state index >= 15 is 0 Å². The van der Waals surface area contributed by atoms with Crippen LogP contribution in [0, 0.1) is 12.8 Å². The van der Waals surface area contributed by atoms with E-state index in [0.717, 1.165) is 24.2 Å². The summed E-state index contributed by atoms with van der Waals surface area (Å²) in [5.74, 6) is 0.318. The Kier molecular flexibility index (Phi) is 2.98. The van der Waals surface area contributed by atoms with E-state index in [2.05, 4.69) is 23.6 Å². The molecular weight excluding hydrogens is 224 g/mol. The van der Waals surface area contributed by atoms with E-state index in [1.807, 2.05) is 12.1 Å². The van der Waals surface area contributed by atoms with Gasteiger partial charge in [-0.05, 0) is 31.4 Å². The number of carbonyl (C=O) groups is 1. The fraction of sp³-hybridized carbons (Fsp3) is 0.533. The smallest absolute Gasteiger partial charge is 0.229 e. The van der Waals surface area contributed by atoms with Crippen LogP contribution in [-0.2, 0) is 4.79 Å². The quantitative estimate of drug-likeness (QED) is 0.735. The maximum atomic E-state index is 12.3. The molecule has 3 nitrogen and oxygen atoms in total. The van der Waals surface area contributed by atoms with Crippen molar-refractivity contribution in [3.8, 4) is 0 Å². The molecule has 0 saturated heterocycles. The van der Waals surface area contributed by atoms with Gasteiger partial charge in [0.1, 0.15) is 0 Å². The Morgan fingerprint density at radius 1 is 1.17 bits per heavy atom. The second-order valence-electron chi connectivity index (χ2n) is 5.48. The molecule has 0 radical (unpaired) electrons. The minimum atomic E-state index is 0.124. The summed E-state index contributed by atoms with van der Waals surface area (Å²) in [4.78, 5) is 12.3. The first kappa shape index (κ1) is 11.6. The zero-order chi connectivity index (χ0) is 12.5. The fourth-order valence-electron chi connectivity index (χ4n) is 3.17. The molecule has 2 atom stereocenters. The number of para-hydroxylation sites is 1. The molecule has 18 heavy (non-hydrogen) atoms. The molecule has 0 bridgehead atoms. The van der Waals surface area contributed by atoms with Crippen LogP contribution in [-0.4, -0.2) is 11.9 Å². The van der Waals surface area contributed by atoms with Crippen molar-refractivity contribution in [2.24, 2.45) is 5.92 Å². The van der Waals surface area contributed by atoms with Gasteiger partial charge >= 0.3 is 0 Å². The van der Waals surface area contributed by atoms with E-state index in [0.29, 0.717) is 6.04 Å². The van der Waals surface area contributed by atoms with Crippen molar-refractivity contribution in [2.75, 3.05) is 10.6 Å². The second kappa shape index (κ2) is 4.63. The summed E-state index contributed by atoms with van der Waals surface area (Å²) in [6, 6.07) is 6.37. The molecule has 3 rings (SSSR count). The highest BCUT2D eigenvalue weighted by Gasteiger charge is 2.33. The first-order valence-corrected chi connectivity index (χ1v) is 6.93. The third-order valence-corrected chi connectivity index (χ3v) is 4.21. The Hall–Kier alpha value is -1.51. The molecule has 1 aliphatic heterocycles. The van der Waals surface area contributed by atoms with Crippen LogP contribution in [0.3, 0.4) is 0 Å². The lowest BCUT2D eigenvalue weighted by atomic mass is 9.94. The Bertz CT molecular complexity index is 470. The SMILES string of the molecule is Cc1cccc2c1NC1CCCCCC1C(=O)N2. The third-order valence-electron chi connectivity index (χ3n) is 4.21. The standard InChI is InChI=1S/C15H20N2O/c1-10-6-5-9-13-14(10)16-12-8-4-2-3-7-11(12)15(18)17-13/h5-6,9,11-12,16H,2-4,7-8H2,1H3,(H,17,18). The summed E-state index contributed by atoms with van der Waals surface area (Å²) in [6.45, 7) is 2.09. The first-order valence-electron chi connectivity index (χ1n) is 6.93. The minimum Gasteiger partial charge on any atom is -0.380 e. The van der Waals surface area contributed by atoms with E-state index in [-0.39, 0.29) is 11.8 Å². The van der Waals surface area contributed by atoms with Crippen molar-refractivity contribution in [2.45, 2.75) is 45.1 Å². The molecule has 1 aliphatic carbocycles. The van der Waals surface area contributed by atoms with Crippen LogP contribution in [0.2, 0.25) is 0 Å². The van der Waals surface area contributed by atoms with E-state index in [4.69, 9.17) is 0 Å². The summed E-state index contributed by atoms with van der Waals surface area (Å²) in [6.07, 6.45) is 5.76. The van der Waals surface area contributed by atoms with E-state index in [1.165, 1.54) is 24.8 Å². The van der Waals surface area contributed by atoms with Gasteiger partial charge in [-0.2, -0.15) is 0 Å². The van der Waals surface area contributed by atoms with Gasteiger partial charge in [-0.1, -0.05) is 31.4 Å². The number of anilines is 2. The number of nitrogens with one attached hydrogen (secondary N) is 2. The summed E-state index contributed by atoms with van der Waals surface area (Å²) in [7, 11) is 0. The van der Waals surface area contributed by atoms with Crippen molar-refractivity contribution in [1.29, 1.82) is 0 Å². The zero-order valence-corrected chi connectivity index (χ0v) is 10.8. The Morgan fingerprint density at radius 2 is 2.00 bits per heavy atom. The van der Waals surface area contributed by atoms with Gasteiger partial charge in [0.05, 0.1) is 17.3 Å². The molecule has 2 N–H and O–H groups in total. The van der Waals surface area contributed by atoms with Crippen LogP contribution in [0.1, 0.15) is 37.7 Å². The molecule has 2 unspecified atom stereocenters. The zero-order valence-electron chi connectivity index (χ0n) is 10.8. The van der Waals surface area contributed by atoms with Crippen LogP contribution in [0.15, 0.2) is 18.2 Å². The summed E-state index contributed by atoms with van der Waals surface area (Å²) in [5, 5.41) is 6.71. The Balaban J connectivity index is 1.99. The Labute approximate surface area is 108 Å². The number of carbonyl (C=O) groups excluding carboxylic acids is 1. The van der Waals surface area contributed by atoms with Crippen molar-refractivity contribution >= 4 is 17.3 Å². The van der Waals surface area contributed by atoms with Crippen molar-refractivity contribution in [3.05, 3.63) is 23.8 Å². The largest absolute Gasteiger partial charge is 0.380 e. The van der Waals surface area contributed by atoms with Crippen LogP contribution in [0.25, 0.3) is 0 Å². The monoisotopic (exact) mass is 244 g/mol. The highest BCUT2D eigenvalue weighted by atomic mass is 16.2. The van der Waals surface area contributed by atoms with Gasteiger partial charge < -0.3 is 10.6 Å². The molecule has 0 aromatic heterocycles. The second-order valence-corrected chi connectivity index (χ2v) is 5.48. The first-order chi connectivity index (χ1) is 8.75. The predicted molar refractivity (Wildman–Crippen MR) is 73.8 cm³/mol. The number of benzene rings is 1. The van der Waals surface area contributed by atoms with Crippen molar-refractivity contribution in [1.82, 2.24) is 0 Å². The van der Waals surface area contributed by atoms with Gasteiger partial charge in [0.15, 0.2) is 0 Å². The molecule has 1 fully saturated rings. The van der Waals surface area contributed by atoms with Crippen LogP contribution in [0.5, 0.6) is 0 Å². The summed E-state index contributed by atoms with van der Waals surface area (Å²) in [5.41, 5.74) is 3.26. The van der Waals surface area contributed by atoms with E-state index in [1.54, 1.807) is 0 Å². The lowest BCUT2D eigenvalue weighted by molar-refractivity contribution is -0.120. The average Bonchev–Trinajstić information content (AvgIpc) is 2.64. The van der Waals surface area contributed by atoms with Gasteiger partial charge in [-0.25, -0.2) is 0 Å². The van der Waals surface area contributed by atoms with Crippen molar-refractivity contribution in [3.63, 3.8) is 0 Å². The minimum absolute atomic E-state index is 0.124. The van der Waals surface area contributed by atoms with Crippen LogP contribution < -0.4 is 10.6 Å². The average molecular weight is 244 g/mol. The van der Waals surface area contributed by atoms with Crippen molar-refractivity contribution < 1.29 is 4.79 Å². The molecule has 0 spiro atoms. The number of hydrogen-bond donors (Lipinski definition) is 2. The van der Waals surface area contributed by atoms with Gasteiger partial charge in [0.2, 0.25) is 5.91 Å². The summed E-state index contributed by atoms with van der Waals surface area (Å²) < 4.78 is 0. The Morgan fingerprint density at radius 3 is 2.89 bits per heavy atom. The normalized spacial score (nSPS) is 27.1. The van der Waals surface area contributed by atoms with Gasteiger partial charge in [0.25, 0.3) is 0 Å². The predicted octanol–water partition coefficient (Wildman–Crippen LogP) is 3.31.